The van der Waals surface area contributed by atoms with E-state index in [0.29, 0.717) is 24.0 Å². The van der Waals surface area contributed by atoms with Gasteiger partial charge in [0.05, 0.1) is 16.2 Å². The standard InChI is InChI=1S/C16H23NO3S/c1-2-9-17-13-7-10-20-16(12-13)8-11-21(18,19)15-6-4-3-5-14(15)16/h3-6,13,17H,2,7-12H2,1H3. The van der Waals surface area contributed by atoms with Gasteiger partial charge < -0.3 is 10.1 Å². The third-order valence-electron chi connectivity index (χ3n) is 4.59. The van der Waals surface area contributed by atoms with Crippen molar-refractivity contribution in [2.45, 2.75) is 49.1 Å². The second-order valence-corrected chi connectivity index (χ2v) is 8.13. The van der Waals surface area contributed by atoms with E-state index in [2.05, 4.69) is 12.2 Å². The fourth-order valence-corrected chi connectivity index (χ4v) is 5.19. The van der Waals surface area contributed by atoms with Crippen LogP contribution in [0.2, 0.25) is 0 Å². The molecule has 0 amide bonds. The monoisotopic (exact) mass is 309 g/mol. The molecule has 0 aliphatic carbocycles. The maximum Gasteiger partial charge on any atom is 0.178 e. The first-order valence-electron chi connectivity index (χ1n) is 7.77. The molecule has 1 saturated heterocycles. The van der Waals surface area contributed by atoms with Gasteiger partial charge >= 0.3 is 0 Å². The lowest BCUT2D eigenvalue weighted by atomic mass is 9.81. The largest absolute Gasteiger partial charge is 0.370 e. The van der Waals surface area contributed by atoms with Gasteiger partial charge in [-0.2, -0.15) is 0 Å². The lowest BCUT2D eigenvalue weighted by molar-refractivity contribution is -0.0993. The Morgan fingerprint density at radius 1 is 1.38 bits per heavy atom. The molecule has 3 rings (SSSR count). The summed E-state index contributed by atoms with van der Waals surface area (Å²) in [5, 5.41) is 3.56. The number of benzene rings is 1. The predicted molar refractivity (Wildman–Crippen MR) is 82.1 cm³/mol. The maximum atomic E-state index is 12.3. The van der Waals surface area contributed by atoms with E-state index in [9.17, 15) is 8.42 Å². The third kappa shape index (κ3) is 2.74. The highest BCUT2D eigenvalue weighted by Gasteiger charge is 2.45. The Balaban J connectivity index is 1.95. The van der Waals surface area contributed by atoms with Crippen molar-refractivity contribution in [2.24, 2.45) is 0 Å². The minimum absolute atomic E-state index is 0.185. The molecule has 1 N–H and O–H groups in total. The van der Waals surface area contributed by atoms with Crippen LogP contribution in [-0.2, 0) is 20.2 Å². The third-order valence-corrected chi connectivity index (χ3v) is 6.36. The molecule has 0 saturated carbocycles. The van der Waals surface area contributed by atoms with Crippen molar-refractivity contribution in [1.29, 1.82) is 0 Å². The van der Waals surface area contributed by atoms with Gasteiger partial charge in [-0.05, 0) is 38.3 Å². The molecule has 2 aliphatic rings. The topological polar surface area (TPSA) is 55.4 Å². The molecule has 5 heteroatoms. The van der Waals surface area contributed by atoms with Crippen molar-refractivity contribution in [3.05, 3.63) is 29.8 Å². The van der Waals surface area contributed by atoms with Crippen LogP contribution >= 0.6 is 0 Å². The molecule has 2 atom stereocenters. The van der Waals surface area contributed by atoms with Gasteiger partial charge in [-0.1, -0.05) is 25.1 Å². The number of sulfone groups is 1. The Labute approximate surface area is 126 Å². The lowest BCUT2D eigenvalue weighted by Gasteiger charge is -2.44. The molecule has 1 aromatic carbocycles. The minimum atomic E-state index is -3.15. The van der Waals surface area contributed by atoms with Gasteiger partial charge in [0.25, 0.3) is 0 Å². The molecule has 1 aromatic rings. The van der Waals surface area contributed by atoms with Crippen molar-refractivity contribution in [3.63, 3.8) is 0 Å². The Morgan fingerprint density at radius 2 is 2.19 bits per heavy atom. The fraction of sp³-hybridized carbons (Fsp3) is 0.625. The quantitative estimate of drug-likeness (QED) is 0.930. The smallest absolute Gasteiger partial charge is 0.178 e. The zero-order valence-corrected chi connectivity index (χ0v) is 13.3. The lowest BCUT2D eigenvalue weighted by Crippen LogP contribution is -2.48. The Morgan fingerprint density at radius 3 is 3.00 bits per heavy atom. The summed E-state index contributed by atoms with van der Waals surface area (Å²) < 4.78 is 30.7. The van der Waals surface area contributed by atoms with E-state index < -0.39 is 15.4 Å². The summed E-state index contributed by atoms with van der Waals surface area (Å²) in [6.45, 7) is 3.85. The molecular weight excluding hydrogens is 286 g/mol. The van der Waals surface area contributed by atoms with E-state index in [1.54, 1.807) is 12.1 Å². The van der Waals surface area contributed by atoms with Crippen LogP contribution in [0.1, 0.15) is 38.2 Å². The number of nitrogens with one attached hydrogen (secondary N) is 1. The molecule has 2 heterocycles. The second kappa shape index (κ2) is 5.71. The van der Waals surface area contributed by atoms with Gasteiger partial charge in [0, 0.05) is 18.2 Å². The van der Waals surface area contributed by atoms with Crippen molar-refractivity contribution in [2.75, 3.05) is 18.9 Å². The van der Waals surface area contributed by atoms with Crippen molar-refractivity contribution in [1.82, 2.24) is 5.32 Å². The predicted octanol–water partition coefficient (Wildman–Crippen LogP) is 2.24. The van der Waals surface area contributed by atoms with E-state index in [4.69, 9.17) is 4.74 Å². The molecule has 1 spiro atoms. The number of rotatable bonds is 3. The van der Waals surface area contributed by atoms with Crippen molar-refractivity contribution >= 4 is 9.84 Å². The molecule has 2 aliphatic heterocycles. The minimum Gasteiger partial charge on any atom is -0.370 e. The number of ether oxygens (including phenoxy) is 1. The van der Waals surface area contributed by atoms with Crippen LogP contribution in [0.25, 0.3) is 0 Å². The zero-order valence-electron chi connectivity index (χ0n) is 12.5. The van der Waals surface area contributed by atoms with Gasteiger partial charge in [-0.15, -0.1) is 0 Å². The Kier molecular flexibility index (Phi) is 4.08. The highest BCUT2D eigenvalue weighted by molar-refractivity contribution is 7.91. The van der Waals surface area contributed by atoms with E-state index in [0.717, 1.165) is 31.4 Å². The zero-order chi connectivity index (χ0) is 14.9. The summed E-state index contributed by atoms with van der Waals surface area (Å²) in [5.74, 6) is 0.185. The normalized spacial score (nSPS) is 31.0. The molecule has 116 valence electrons. The maximum absolute atomic E-state index is 12.3. The molecule has 1 fully saturated rings. The Bertz CT molecular complexity index is 614. The van der Waals surface area contributed by atoms with Crippen LogP contribution in [0.5, 0.6) is 0 Å². The summed E-state index contributed by atoms with van der Waals surface area (Å²) in [5.41, 5.74) is 0.435. The number of hydrogen-bond donors (Lipinski definition) is 1. The first-order chi connectivity index (χ1) is 10.1. The highest BCUT2D eigenvalue weighted by Crippen LogP contribution is 2.45. The van der Waals surface area contributed by atoms with E-state index >= 15 is 0 Å². The SMILES string of the molecule is CCCNC1CCOC2(CCS(=O)(=O)c3ccccc32)C1. The molecule has 4 nitrogen and oxygen atoms in total. The van der Waals surface area contributed by atoms with Crippen LogP contribution in [0, 0.1) is 0 Å². The second-order valence-electron chi connectivity index (χ2n) is 6.05. The van der Waals surface area contributed by atoms with Crippen LogP contribution in [0.4, 0.5) is 0 Å². The van der Waals surface area contributed by atoms with Crippen LogP contribution in [0.3, 0.4) is 0 Å². The van der Waals surface area contributed by atoms with Gasteiger partial charge in [0.1, 0.15) is 0 Å². The van der Waals surface area contributed by atoms with Crippen molar-refractivity contribution < 1.29 is 13.2 Å². The summed E-state index contributed by atoms with van der Waals surface area (Å²) in [6, 6.07) is 7.76. The summed E-state index contributed by atoms with van der Waals surface area (Å²) in [7, 11) is -3.15. The highest BCUT2D eigenvalue weighted by atomic mass is 32.2. The van der Waals surface area contributed by atoms with Crippen LogP contribution in [0.15, 0.2) is 29.2 Å². The average molecular weight is 309 g/mol. The first kappa shape index (κ1) is 15.0. The van der Waals surface area contributed by atoms with Gasteiger partial charge in [-0.3, -0.25) is 0 Å². The van der Waals surface area contributed by atoms with Gasteiger partial charge in [0.2, 0.25) is 0 Å². The molecule has 21 heavy (non-hydrogen) atoms. The fourth-order valence-electron chi connectivity index (χ4n) is 3.50. The van der Waals surface area contributed by atoms with E-state index in [1.165, 1.54) is 0 Å². The number of hydrogen-bond acceptors (Lipinski definition) is 4. The van der Waals surface area contributed by atoms with Crippen LogP contribution < -0.4 is 5.32 Å². The summed E-state index contributed by atoms with van der Waals surface area (Å²) >= 11 is 0. The summed E-state index contributed by atoms with van der Waals surface area (Å²) in [4.78, 5) is 0.465. The number of fused-ring (bicyclic) bond motifs is 2. The van der Waals surface area contributed by atoms with Gasteiger partial charge in [-0.25, -0.2) is 8.42 Å². The average Bonchev–Trinajstić information content (AvgIpc) is 2.51. The van der Waals surface area contributed by atoms with Gasteiger partial charge in [0.15, 0.2) is 9.84 Å². The molecular formula is C16H23NO3S. The molecule has 0 aromatic heterocycles. The first-order valence-corrected chi connectivity index (χ1v) is 9.42. The molecule has 2 unspecified atom stereocenters. The van der Waals surface area contributed by atoms with E-state index in [1.807, 2.05) is 12.1 Å². The molecule has 0 bridgehead atoms. The van der Waals surface area contributed by atoms with Crippen molar-refractivity contribution in [3.8, 4) is 0 Å². The molecule has 0 radical (unpaired) electrons. The Hall–Kier alpha value is -0.910. The summed E-state index contributed by atoms with van der Waals surface area (Å²) in [6.07, 6.45) is 3.53. The van der Waals surface area contributed by atoms with E-state index in [-0.39, 0.29) is 5.75 Å². The van der Waals surface area contributed by atoms with Crippen LogP contribution in [-0.4, -0.2) is 33.4 Å².